The number of azo groups is 2. The molecule has 0 spiro atoms. The highest BCUT2D eigenvalue weighted by Gasteiger charge is 2.48. The third-order valence-electron chi connectivity index (χ3n) is 18.6. The van der Waals surface area contributed by atoms with E-state index in [1.165, 1.54) is 24.3 Å². The maximum atomic E-state index is 14.1. The van der Waals surface area contributed by atoms with Crippen LogP contribution in [0, 0.1) is 16.2 Å². The molecular formula is C83H94N6O20. The van der Waals surface area contributed by atoms with Crippen molar-refractivity contribution in [1.82, 2.24) is 0 Å². The van der Waals surface area contributed by atoms with E-state index in [0.29, 0.717) is 35.8 Å². The predicted molar refractivity (Wildman–Crippen MR) is 405 cm³/mol. The molecule has 2 saturated heterocycles. The topological polar surface area (TPSA) is 288 Å². The molecule has 109 heavy (non-hydrogen) atoms. The minimum Gasteiger partial charge on any atom is -0.497 e. The number of carbonyl (C=O) groups excluding carboxylic acids is 6. The Kier molecular flexibility index (Phi) is 27.0. The summed E-state index contributed by atoms with van der Waals surface area (Å²) in [6.45, 7) is 16.2. The van der Waals surface area contributed by atoms with Crippen molar-refractivity contribution in [2.75, 3.05) is 117 Å². The lowest BCUT2D eigenvalue weighted by atomic mass is 9.89. The number of rotatable bonds is 34. The van der Waals surface area contributed by atoms with Gasteiger partial charge in [-0.1, -0.05) is 48.5 Å². The number of hydroxylamine groups is 2. The summed E-state index contributed by atoms with van der Waals surface area (Å²) in [6, 6.07) is 49.8. The molecule has 0 N–H and O–H groups in total. The maximum absolute atomic E-state index is 14.1. The third-order valence-corrected chi connectivity index (χ3v) is 18.6. The monoisotopic (exact) mass is 1490 g/mol. The van der Waals surface area contributed by atoms with Crippen LogP contribution in [-0.2, 0) is 76.2 Å². The summed E-state index contributed by atoms with van der Waals surface area (Å²) in [4.78, 5) is 94.6. The van der Waals surface area contributed by atoms with Gasteiger partial charge in [0.05, 0.1) is 97.7 Å². The van der Waals surface area contributed by atoms with Gasteiger partial charge in [0.15, 0.2) is 11.6 Å². The molecule has 10 rings (SSSR count). The van der Waals surface area contributed by atoms with Crippen molar-refractivity contribution in [1.29, 1.82) is 0 Å². The molecule has 0 radical (unpaired) electrons. The standard InChI is InChI=1S/C83H94N6O20/c1-13-88(108-41-39-98-73(90)55(3)59-15-17-63-45-71(96-11)37-23-61(63)43-59)69-33-29-67(30-34-69)86-84-65-25-19-57(20-26-65)75(92)100-51-83(53-102-77(94)81(9)47-104-79(5,6)105-48-81,54-103-78(95)82(10)49-106-80(7,8)107-50-82)52-101-76(93)58-21-27-66(28-22-58)85-87-68-31-35-70(36-32-68)89(14-2)109-42-40-99-74(91)56(4)60-16-18-64-46-72(97-12)38-24-62(64)44-60/h15-38,43-46,55-56H,13-14,39-42,47-54H2,1-12H3/t55-,56-/m0/s1. The molecule has 26 nitrogen and oxygen atoms in total. The van der Waals surface area contributed by atoms with Gasteiger partial charge in [-0.15, -0.1) is 0 Å². The summed E-state index contributed by atoms with van der Waals surface area (Å²) in [5, 5.41) is 24.9. The van der Waals surface area contributed by atoms with E-state index in [1.54, 1.807) is 114 Å². The molecule has 0 unspecified atom stereocenters. The molecule has 2 aliphatic heterocycles. The summed E-state index contributed by atoms with van der Waals surface area (Å²) in [5.74, 6) is -5.28. The number of anilines is 2. The summed E-state index contributed by atoms with van der Waals surface area (Å²) in [6.07, 6.45) is 0. The zero-order valence-corrected chi connectivity index (χ0v) is 63.6. The number of fused-ring (bicyclic) bond motifs is 2. The second kappa shape index (κ2) is 36.4. The van der Waals surface area contributed by atoms with Crippen molar-refractivity contribution >= 4 is 91.5 Å². The fourth-order valence-electron chi connectivity index (χ4n) is 11.4. The fourth-order valence-corrected chi connectivity index (χ4v) is 11.4. The molecule has 8 aromatic carbocycles. The normalized spacial score (nSPS) is 15.7. The van der Waals surface area contributed by atoms with Crippen LogP contribution in [0.1, 0.15) is 113 Å². The van der Waals surface area contributed by atoms with Crippen LogP contribution in [0.3, 0.4) is 0 Å². The number of carbonyl (C=O) groups is 6. The number of benzene rings is 8. The van der Waals surface area contributed by atoms with Crippen molar-refractivity contribution in [3.63, 3.8) is 0 Å². The van der Waals surface area contributed by atoms with Crippen molar-refractivity contribution < 1.29 is 95.3 Å². The van der Waals surface area contributed by atoms with Gasteiger partial charge in [-0.25, -0.2) is 9.59 Å². The SMILES string of the molecule is CCN(OCCOC(=O)[C@@H](C)c1ccc2cc(OC)ccc2c1)c1ccc(N=Nc2ccc(C(=O)OCC(COC(=O)c3ccc(N=Nc4ccc(N(CC)OCCOC(=O)[C@@H](C)c5ccc6cc(OC)ccc6c5)cc4)cc3)(COC(=O)C3(C)COC(C)(C)OC3)COC(=O)C3(C)COC(C)(C)OC3)cc2)cc1. The second-order valence-electron chi connectivity index (χ2n) is 28.2. The molecular weight excluding hydrogens is 1400 g/mol. The van der Waals surface area contributed by atoms with Crippen LogP contribution in [0.4, 0.5) is 34.1 Å². The van der Waals surface area contributed by atoms with Gasteiger partial charge >= 0.3 is 35.8 Å². The Labute approximate surface area is 633 Å². The Bertz CT molecular complexity index is 4220. The van der Waals surface area contributed by atoms with Crippen LogP contribution in [0.5, 0.6) is 11.5 Å². The van der Waals surface area contributed by atoms with Crippen LogP contribution in [-0.4, -0.2) is 154 Å². The largest absolute Gasteiger partial charge is 0.497 e. The van der Waals surface area contributed by atoms with Gasteiger partial charge in [0.1, 0.15) is 80.6 Å². The maximum Gasteiger partial charge on any atom is 0.338 e. The van der Waals surface area contributed by atoms with Gasteiger partial charge in [-0.3, -0.25) is 39.0 Å². The average molecular weight is 1500 g/mol. The first-order valence-corrected chi connectivity index (χ1v) is 36.0. The molecule has 2 atom stereocenters. The zero-order valence-electron chi connectivity index (χ0n) is 63.6. The number of hydrogen-bond donors (Lipinski definition) is 0. The van der Waals surface area contributed by atoms with Gasteiger partial charge < -0.3 is 56.8 Å². The van der Waals surface area contributed by atoms with Crippen LogP contribution in [0.2, 0.25) is 0 Å². The van der Waals surface area contributed by atoms with Crippen molar-refractivity contribution in [2.45, 2.75) is 92.6 Å². The van der Waals surface area contributed by atoms with E-state index in [4.69, 9.17) is 66.5 Å². The highest BCUT2D eigenvalue weighted by atomic mass is 16.7. The van der Waals surface area contributed by atoms with Crippen molar-refractivity contribution in [3.05, 3.63) is 192 Å². The van der Waals surface area contributed by atoms with E-state index in [2.05, 4.69) is 20.5 Å². The first-order valence-electron chi connectivity index (χ1n) is 36.0. The zero-order chi connectivity index (χ0) is 77.9. The molecule has 26 heteroatoms. The summed E-state index contributed by atoms with van der Waals surface area (Å²) < 4.78 is 69.3. The van der Waals surface area contributed by atoms with Gasteiger partial charge in [-0.05, 0) is 223 Å². The Morgan fingerprint density at radius 2 is 0.716 bits per heavy atom. The molecule has 0 saturated carbocycles. The molecule has 2 heterocycles. The lowest BCUT2D eigenvalue weighted by Gasteiger charge is -2.41. The van der Waals surface area contributed by atoms with Crippen LogP contribution in [0.15, 0.2) is 190 Å². The number of hydrogen-bond acceptors (Lipinski definition) is 26. The number of esters is 6. The quantitative estimate of drug-likeness (QED) is 0.0119. The van der Waals surface area contributed by atoms with E-state index in [9.17, 15) is 28.8 Å². The predicted octanol–water partition coefficient (Wildman–Crippen LogP) is 15.7. The van der Waals surface area contributed by atoms with Gasteiger partial charge in [0.2, 0.25) is 0 Å². The highest BCUT2D eigenvalue weighted by molar-refractivity contribution is 5.91. The smallest absolute Gasteiger partial charge is 0.338 e. The molecule has 0 aromatic heterocycles. The minimum absolute atomic E-state index is 0.0428. The van der Waals surface area contributed by atoms with Crippen LogP contribution < -0.4 is 19.6 Å². The molecule has 2 aliphatic rings. The Morgan fingerprint density at radius 1 is 0.404 bits per heavy atom. The van der Waals surface area contributed by atoms with Crippen molar-refractivity contribution in [3.8, 4) is 11.5 Å². The lowest BCUT2D eigenvalue weighted by Crippen LogP contribution is -2.52. The molecule has 576 valence electrons. The van der Waals surface area contributed by atoms with Gasteiger partial charge in [0, 0.05) is 13.1 Å². The number of nitrogens with zero attached hydrogens (tertiary/aromatic N) is 6. The summed E-state index contributed by atoms with van der Waals surface area (Å²) in [7, 11) is 3.24. The molecule has 2 fully saturated rings. The molecule has 0 bridgehead atoms. The van der Waals surface area contributed by atoms with E-state index in [0.717, 1.165) is 55.5 Å². The molecule has 0 aliphatic carbocycles. The summed E-state index contributed by atoms with van der Waals surface area (Å²) >= 11 is 0. The Hall–Kier alpha value is -10.7. The third kappa shape index (κ3) is 21.8. The van der Waals surface area contributed by atoms with E-state index in [-0.39, 0.29) is 75.9 Å². The lowest BCUT2D eigenvalue weighted by molar-refractivity contribution is -0.282. The first-order chi connectivity index (χ1) is 52.2. The molecule has 0 amide bonds. The van der Waals surface area contributed by atoms with Gasteiger partial charge in [-0.2, -0.15) is 20.5 Å². The van der Waals surface area contributed by atoms with E-state index < -0.39 is 90.0 Å². The average Bonchev–Trinajstić information content (AvgIpc) is 0.807. The minimum atomic E-state index is -1.74. The molecule has 8 aromatic rings. The second-order valence-corrected chi connectivity index (χ2v) is 28.2. The number of methoxy groups -OCH3 is 2. The van der Waals surface area contributed by atoms with Crippen molar-refractivity contribution in [2.24, 2.45) is 36.7 Å². The van der Waals surface area contributed by atoms with E-state index >= 15 is 0 Å². The Morgan fingerprint density at radius 3 is 1.05 bits per heavy atom. The summed E-state index contributed by atoms with van der Waals surface area (Å²) in [5.41, 5.74) is 0.850. The van der Waals surface area contributed by atoms with Crippen LogP contribution >= 0.6 is 0 Å². The van der Waals surface area contributed by atoms with Crippen LogP contribution in [0.25, 0.3) is 21.5 Å². The Balaban J connectivity index is 0.756. The fraction of sp³-hybridized carbons (Fsp3) is 0.398. The highest BCUT2D eigenvalue weighted by Crippen LogP contribution is 2.36. The van der Waals surface area contributed by atoms with Gasteiger partial charge in [0.25, 0.3) is 0 Å². The van der Waals surface area contributed by atoms with E-state index in [1.807, 2.05) is 125 Å². The number of ether oxygens (including phenoxy) is 12. The first kappa shape index (κ1) is 80.8.